The molecule has 0 aliphatic carbocycles. The highest BCUT2D eigenvalue weighted by Crippen LogP contribution is 2.12. The molecule has 2 rings (SSSR count). The van der Waals surface area contributed by atoms with Crippen molar-refractivity contribution in [3.63, 3.8) is 0 Å². The van der Waals surface area contributed by atoms with Crippen molar-refractivity contribution < 1.29 is 13.2 Å². The summed E-state index contributed by atoms with van der Waals surface area (Å²) in [5.74, 6) is -1.30. The van der Waals surface area contributed by atoms with Crippen molar-refractivity contribution in [2.45, 2.75) is 5.03 Å². The maximum Gasteiger partial charge on any atom is 0.264 e. The van der Waals surface area contributed by atoms with E-state index in [1.165, 1.54) is 24.3 Å². The molecule has 1 aromatic heterocycles. The number of hydrogen-bond donors (Lipinski definition) is 1. The first-order chi connectivity index (χ1) is 9.38. The minimum Gasteiger partial charge on any atom is -0.293 e. The fraction of sp³-hybridized carbons (Fsp3) is 0.0833. The Labute approximate surface area is 119 Å². The minimum atomic E-state index is -3.90. The van der Waals surface area contributed by atoms with Crippen LogP contribution < -0.4 is 5.56 Å². The average molecular weight is 313 g/mol. The van der Waals surface area contributed by atoms with E-state index in [9.17, 15) is 18.0 Å². The number of sulfone groups is 1. The van der Waals surface area contributed by atoms with E-state index < -0.39 is 26.9 Å². The molecule has 0 amide bonds. The summed E-state index contributed by atoms with van der Waals surface area (Å²) >= 11 is 5.69. The molecule has 0 spiro atoms. The molecule has 0 radical (unpaired) electrons. The maximum absolute atomic E-state index is 12.0. The van der Waals surface area contributed by atoms with Crippen LogP contribution in [0.3, 0.4) is 0 Å². The highest BCUT2D eigenvalue weighted by Gasteiger charge is 2.21. The van der Waals surface area contributed by atoms with E-state index in [2.05, 4.69) is 5.10 Å². The van der Waals surface area contributed by atoms with Crippen LogP contribution in [0.4, 0.5) is 0 Å². The molecule has 0 aliphatic rings. The van der Waals surface area contributed by atoms with Gasteiger partial charge in [-0.3, -0.25) is 9.59 Å². The van der Waals surface area contributed by atoms with E-state index in [0.717, 1.165) is 12.1 Å². The normalized spacial score (nSPS) is 11.2. The van der Waals surface area contributed by atoms with Crippen LogP contribution in [0.1, 0.15) is 10.4 Å². The van der Waals surface area contributed by atoms with Crippen molar-refractivity contribution in [1.82, 2.24) is 10.2 Å². The Kier molecular flexibility index (Phi) is 4.01. The number of nitrogens with zero attached hydrogens (tertiary/aromatic N) is 1. The van der Waals surface area contributed by atoms with Gasteiger partial charge in [-0.1, -0.05) is 11.6 Å². The van der Waals surface area contributed by atoms with Crippen LogP contribution >= 0.6 is 11.6 Å². The van der Waals surface area contributed by atoms with Gasteiger partial charge < -0.3 is 0 Å². The van der Waals surface area contributed by atoms with Crippen LogP contribution in [0.5, 0.6) is 0 Å². The number of rotatable bonds is 4. The number of ketones is 1. The summed E-state index contributed by atoms with van der Waals surface area (Å²) < 4.78 is 23.9. The first-order valence-corrected chi connectivity index (χ1v) is 7.49. The van der Waals surface area contributed by atoms with Gasteiger partial charge in [0.15, 0.2) is 10.8 Å². The van der Waals surface area contributed by atoms with E-state index in [-0.39, 0.29) is 10.6 Å². The van der Waals surface area contributed by atoms with E-state index in [1.54, 1.807) is 0 Å². The Morgan fingerprint density at radius 3 is 2.35 bits per heavy atom. The van der Waals surface area contributed by atoms with Crippen LogP contribution in [0.2, 0.25) is 5.02 Å². The lowest BCUT2D eigenvalue weighted by molar-refractivity contribution is 0.102. The molecule has 0 fully saturated rings. The average Bonchev–Trinajstić information content (AvgIpc) is 2.39. The van der Waals surface area contributed by atoms with Crippen molar-refractivity contribution in [3.05, 3.63) is 57.3 Å². The Hall–Kier alpha value is -1.99. The Morgan fingerprint density at radius 2 is 1.80 bits per heavy atom. The van der Waals surface area contributed by atoms with Gasteiger partial charge in [0, 0.05) is 16.7 Å². The van der Waals surface area contributed by atoms with Crippen LogP contribution in [0.15, 0.2) is 46.2 Å². The zero-order valence-corrected chi connectivity index (χ0v) is 11.6. The summed E-state index contributed by atoms with van der Waals surface area (Å²) in [7, 11) is -3.90. The standard InChI is InChI=1S/C12H9ClN2O4S/c13-9-3-1-8(2-4-9)10(16)7-20(18,19)12-6-5-11(17)14-15-12/h1-6H,7H2,(H,14,17). The molecule has 8 heteroatoms. The van der Waals surface area contributed by atoms with Gasteiger partial charge in [0.2, 0.25) is 9.84 Å². The molecule has 0 saturated carbocycles. The SMILES string of the molecule is O=C(CS(=O)(=O)c1ccc(=O)[nH]n1)c1ccc(Cl)cc1. The molecule has 1 aromatic carbocycles. The van der Waals surface area contributed by atoms with E-state index in [1.807, 2.05) is 5.10 Å². The number of aromatic amines is 1. The van der Waals surface area contributed by atoms with Crippen molar-refractivity contribution in [3.8, 4) is 0 Å². The third kappa shape index (κ3) is 3.31. The molecular weight excluding hydrogens is 304 g/mol. The molecule has 104 valence electrons. The second kappa shape index (κ2) is 5.56. The monoisotopic (exact) mass is 312 g/mol. The van der Waals surface area contributed by atoms with Gasteiger partial charge in [-0.2, -0.15) is 5.10 Å². The van der Waals surface area contributed by atoms with Crippen molar-refractivity contribution in [1.29, 1.82) is 0 Å². The summed E-state index contributed by atoms with van der Waals surface area (Å²) in [6, 6.07) is 7.98. The molecule has 0 unspecified atom stereocenters. The largest absolute Gasteiger partial charge is 0.293 e. The van der Waals surface area contributed by atoms with E-state index in [4.69, 9.17) is 11.6 Å². The third-order valence-electron chi connectivity index (χ3n) is 2.46. The molecule has 2 aromatic rings. The second-order valence-electron chi connectivity index (χ2n) is 3.95. The van der Waals surface area contributed by atoms with E-state index >= 15 is 0 Å². The Bertz CT molecular complexity index is 776. The van der Waals surface area contributed by atoms with Gasteiger partial charge in [-0.25, -0.2) is 13.5 Å². The molecule has 0 atom stereocenters. The number of halogens is 1. The predicted octanol–water partition coefficient (Wildman–Crippen LogP) is 1.08. The zero-order chi connectivity index (χ0) is 14.8. The number of carbonyl (C=O) groups excluding carboxylic acids is 1. The Balaban J connectivity index is 2.24. The first kappa shape index (κ1) is 14.4. The third-order valence-corrected chi connectivity index (χ3v) is 4.22. The van der Waals surface area contributed by atoms with Crippen LogP contribution in [-0.4, -0.2) is 30.2 Å². The second-order valence-corrected chi connectivity index (χ2v) is 6.32. The van der Waals surface area contributed by atoms with Crippen LogP contribution in [0.25, 0.3) is 0 Å². The molecule has 20 heavy (non-hydrogen) atoms. The van der Waals surface area contributed by atoms with Crippen molar-refractivity contribution in [2.24, 2.45) is 0 Å². The lowest BCUT2D eigenvalue weighted by Gasteiger charge is -2.03. The van der Waals surface area contributed by atoms with Crippen LogP contribution in [-0.2, 0) is 9.84 Å². The fourth-order valence-electron chi connectivity index (χ4n) is 1.47. The lowest BCUT2D eigenvalue weighted by Crippen LogP contribution is -2.19. The summed E-state index contributed by atoms with van der Waals surface area (Å²) in [4.78, 5) is 22.7. The van der Waals surface area contributed by atoms with Crippen molar-refractivity contribution in [2.75, 3.05) is 5.75 Å². The Morgan fingerprint density at radius 1 is 1.15 bits per heavy atom. The maximum atomic E-state index is 12.0. The number of Topliss-reactive ketones (excluding diaryl/α,β-unsaturated/α-hetero) is 1. The highest BCUT2D eigenvalue weighted by atomic mass is 35.5. The number of aromatic nitrogens is 2. The van der Waals surface area contributed by atoms with E-state index in [0.29, 0.717) is 5.02 Å². The van der Waals surface area contributed by atoms with Gasteiger partial charge in [0.25, 0.3) is 5.56 Å². The number of hydrogen-bond acceptors (Lipinski definition) is 5. The quantitative estimate of drug-likeness (QED) is 0.852. The summed E-state index contributed by atoms with van der Waals surface area (Å²) in [5.41, 5.74) is -0.282. The summed E-state index contributed by atoms with van der Waals surface area (Å²) in [6.45, 7) is 0. The number of carbonyl (C=O) groups is 1. The molecule has 1 N–H and O–H groups in total. The molecular formula is C12H9ClN2O4S. The van der Waals surface area contributed by atoms with Gasteiger partial charge >= 0.3 is 0 Å². The molecule has 0 saturated heterocycles. The topological polar surface area (TPSA) is 97.0 Å². The number of benzene rings is 1. The molecule has 6 nitrogen and oxygen atoms in total. The minimum absolute atomic E-state index is 0.238. The predicted molar refractivity (Wildman–Crippen MR) is 72.7 cm³/mol. The van der Waals surface area contributed by atoms with Crippen LogP contribution in [0, 0.1) is 0 Å². The summed E-state index contributed by atoms with van der Waals surface area (Å²) in [5, 5.41) is 5.53. The van der Waals surface area contributed by atoms with Gasteiger partial charge in [0.05, 0.1) is 0 Å². The van der Waals surface area contributed by atoms with Crippen molar-refractivity contribution >= 4 is 27.2 Å². The fourth-order valence-corrected chi connectivity index (χ4v) is 2.72. The van der Waals surface area contributed by atoms with Gasteiger partial charge in [-0.05, 0) is 30.3 Å². The lowest BCUT2D eigenvalue weighted by atomic mass is 10.1. The highest BCUT2D eigenvalue weighted by molar-refractivity contribution is 7.92. The zero-order valence-electron chi connectivity index (χ0n) is 10.0. The van der Waals surface area contributed by atoms with Gasteiger partial charge in [-0.15, -0.1) is 0 Å². The number of H-pyrrole nitrogens is 1. The summed E-state index contributed by atoms with van der Waals surface area (Å²) in [6.07, 6.45) is 0. The molecule has 0 bridgehead atoms. The first-order valence-electron chi connectivity index (χ1n) is 5.46. The smallest absolute Gasteiger partial charge is 0.264 e. The van der Waals surface area contributed by atoms with Gasteiger partial charge in [0.1, 0.15) is 5.75 Å². The molecule has 0 aliphatic heterocycles. The molecule has 1 heterocycles. The number of nitrogens with one attached hydrogen (secondary N) is 1.